The molecule has 0 aromatic heterocycles. The second-order valence-corrected chi connectivity index (χ2v) is 6.44. The van der Waals surface area contributed by atoms with Crippen molar-refractivity contribution < 1.29 is 9.53 Å². The first-order valence-electron chi connectivity index (χ1n) is 8.83. The standard InChI is InChI=1S/C23H17N3O2/c1-28-19-7-3-5-16(11-19)17-8-9-20-22(12-17)26-23(27)13-21(25-20)18-6-2-4-15(10-18)14-24/h2-12H,13H2,1H3,(H,26,27). The van der Waals surface area contributed by atoms with Crippen LogP contribution in [0.3, 0.4) is 0 Å². The summed E-state index contributed by atoms with van der Waals surface area (Å²) in [5.41, 5.74) is 5.26. The second-order valence-electron chi connectivity index (χ2n) is 6.44. The number of fused-ring (bicyclic) bond motifs is 1. The zero-order valence-corrected chi connectivity index (χ0v) is 15.3. The van der Waals surface area contributed by atoms with Crippen LogP contribution in [0.15, 0.2) is 71.7 Å². The maximum Gasteiger partial charge on any atom is 0.230 e. The molecule has 0 saturated carbocycles. The molecule has 5 nitrogen and oxygen atoms in total. The molecule has 0 aliphatic carbocycles. The molecule has 1 aliphatic rings. The minimum absolute atomic E-state index is 0.136. The highest BCUT2D eigenvalue weighted by molar-refractivity contribution is 6.17. The first-order valence-corrected chi connectivity index (χ1v) is 8.83. The minimum atomic E-state index is -0.136. The van der Waals surface area contributed by atoms with Crippen LogP contribution in [0.4, 0.5) is 11.4 Å². The Balaban J connectivity index is 1.76. The number of methoxy groups -OCH3 is 1. The molecule has 0 radical (unpaired) electrons. The third kappa shape index (κ3) is 3.49. The first-order chi connectivity index (χ1) is 13.7. The van der Waals surface area contributed by atoms with Gasteiger partial charge in [0.25, 0.3) is 0 Å². The van der Waals surface area contributed by atoms with E-state index in [0.717, 1.165) is 22.4 Å². The normalized spacial score (nSPS) is 12.9. The molecule has 3 aromatic carbocycles. The van der Waals surface area contributed by atoms with Gasteiger partial charge in [-0.15, -0.1) is 0 Å². The number of nitriles is 1. The summed E-state index contributed by atoms with van der Waals surface area (Å²) in [5, 5.41) is 12.1. The van der Waals surface area contributed by atoms with Gasteiger partial charge in [0.15, 0.2) is 0 Å². The highest BCUT2D eigenvalue weighted by atomic mass is 16.5. The smallest absolute Gasteiger partial charge is 0.230 e. The molecule has 0 atom stereocenters. The highest BCUT2D eigenvalue weighted by Crippen LogP contribution is 2.34. The monoisotopic (exact) mass is 367 g/mol. The lowest BCUT2D eigenvalue weighted by molar-refractivity contribution is -0.115. The topological polar surface area (TPSA) is 74.5 Å². The molecule has 1 heterocycles. The Morgan fingerprint density at radius 1 is 1.00 bits per heavy atom. The summed E-state index contributed by atoms with van der Waals surface area (Å²) in [6, 6.07) is 22.8. The van der Waals surface area contributed by atoms with Crippen molar-refractivity contribution in [1.82, 2.24) is 0 Å². The van der Waals surface area contributed by atoms with E-state index >= 15 is 0 Å². The molecule has 3 aromatic rings. The average molecular weight is 367 g/mol. The van der Waals surface area contributed by atoms with Crippen LogP contribution in [0, 0.1) is 11.3 Å². The molecule has 0 saturated heterocycles. The van der Waals surface area contributed by atoms with Gasteiger partial charge in [0.2, 0.25) is 5.91 Å². The maximum atomic E-state index is 12.5. The lowest BCUT2D eigenvalue weighted by atomic mass is 10.0. The number of ether oxygens (including phenoxy) is 1. The van der Waals surface area contributed by atoms with E-state index in [-0.39, 0.29) is 12.3 Å². The zero-order chi connectivity index (χ0) is 19.5. The van der Waals surface area contributed by atoms with Crippen LogP contribution in [0.5, 0.6) is 5.75 Å². The van der Waals surface area contributed by atoms with E-state index in [1.165, 1.54) is 0 Å². The van der Waals surface area contributed by atoms with Gasteiger partial charge >= 0.3 is 0 Å². The average Bonchev–Trinajstić information content (AvgIpc) is 2.91. The Kier molecular flexibility index (Phi) is 4.61. The first kappa shape index (κ1) is 17.5. The van der Waals surface area contributed by atoms with E-state index in [1.807, 2.05) is 48.5 Å². The van der Waals surface area contributed by atoms with E-state index in [2.05, 4.69) is 11.4 Å². The maximum absolute atomic E-state index is 12.5. The number of hydrogen-bond donors (Lipinski definition) is 1. The summed E-state index contributed by atoms with van der Waals surface area (Å²) >= 11 is 0. The molecule has 136 valence electrons. The van der Waals surface area contributed by atoms with Crippen molar-refractivity contribution in [3.05, 3.63) is 77.9 Å². The van der Waals surface area contributed by atoms with Crippen molar-refractivity contribution in [2.75, 3.05) is 12.4 Å². The van der Waals surface area contributed by atoms with Gasteiger partial charge < -0.3 is 10.1 Å². The van der Waals surface area contributed by atoms with E-state index in [9.17, 15) is 4.79 Å². The molecule has 5 heteroatoms. The second kappa shape index (κ2) is 7.37. The molecule has 28 heavy (non-hydrogen) atoms. The third-order valence-electron chi connectivity index (χ3n) is 4.58. The minimum Gasteiger partial charge on any atom is -0.497 e. The van der Waals surface area contributed by atoms with Gasteiger partial charge in [-0.25, -0.2) is 0 Å². The number of nitrogens with zero attached hydrogens (tertiary/aromatic N) is 2. The molecular weight excluding hydrogens is 350 g/mol. The number of benzene rings is 3. The van der Waals surface area contributed by atoms with Crippen LogP contribution in [0.1, 0.15) is 17.5 Å². The molecule has 0 bridgehead atoms. The molecular formula is C23H17N3O2. The van der Waals surface area contributed by atoms with Crippen LogP contribution >= 0.6 is 0 Å². The largest absolute Gasteiger partial charge is 0.497 e. The summed E-state index contributed by atoms with van der Waals surface area (Å²) in [6.07, 6.45) is 0.151. The predicted octanol–water partition coefficient (Wildman–Crippen LogP) is 4.70. The van der Waals surface area contributed by atoms with Gasteiger partial charge in [-0.2, -0.15) is 5.26 Å². The number of nitrogens with one attached hydrogen (secondary N) is 1. The van der Waals surface area contributed by atoms with Crippen molar-refractivity contribution in [2.45, 2.75) is 6.42 Å². The Bertz CT molecular complexity index is 1140. The quantitative estimate of drug-likeness (QED) is 0.729. The summed E-state index contributed by atoms with van der Waals surface area (Å²) in [6.45, 7) is 0. The van der Waals surface area contributed by atoms with E-state index < -0.39 is 0 Å². The van der Waals surface area contributed by atoms with Crippen molar-refractivity contribution >= 4 is 23.0 Å². The Morgan fingerprint density at radius 2 is 1.79 bits per heavy atom. The van der Waals surface area contributed by atoms with E-state index in [4.69, 9.17) is 15.0 Å². The van der Waals surface area contributed by atoms with E-state index in [0.29, 0.717) is 22.6 Å². The van der Waals surface area contributed by atoms with Crippen molar-refractivity contribution in [3.63, 3.8) is 0 Å². The molecule has 1 N–H and O–H groups in total. The van der Waals surface area contributed by atoms with Crippen LogP contribution in [-0.4, -0.2) is 18.7 Å². The molecule has 0 spiro atoms. The lowest BCUT2D eigenvalue weighted by Crippen LogP contribution is -2.15. The Labute approximate surface area is 162 Å². The predicted molar refractivity (Wildman–Crippen MR) is 109 cm³/mol. The van der Waals surface area contributed by atoms with Crippen LogP contribution in [0.25, 0.3) is 11.1 Å². The van der Waals surface area contributed by atoms with Gasteiger partial charge in [0.1, 0.15) is 5.75 Å². The number of hydrogen-bond acceptors (Lipinski definition) is 4. The van der Waals surface area contributed by atoms with Gasteiger partial charge in [-0.3, -0.25) is 9.79 Å². The number of aliphatic imine (C=N–C) groups is 1. The fraction of sp³-hybridized carbons (Fsp3) is 0.0870. The van der Waals surface area contributed by atoms with Crippen molar-refractivity contribution in [3.8, 4) is 22.9 Å². The summed E-state index contributed by atoms with van der Waals surface area (Å²) in [4.78, 5) is 17.2. The Morgan fingerprint density at radius 3 is 2.61 bits per heavy atom. The van der Waals surface area contributed by atoms with Crippen LogP contribution in [0.2, 0.25) is 0 Å². The summed E-state index contributed by atoms with van der Waals surface area (Å²) < 4.78 is 5.29. The number of carbonyl (C=O) groups excluding carboxylic acids is 1. The number of anilines is 1. The molecule has 1 aliphatic heterocycles. The molecule has 0 unspecified atom stereocenters. The fourth-order valence-electron chi connectivity index (χ4n) is 3.18. The summed E-state index contributed by atoms with van der Waals surface area (Å²) in [7, 11) is 1.63. The van der Waals surface area contributed by atoms with Gasteiger partial charge in [-0.05, 0) is 53.1 Å². The van der Waals surface area contributed by atoms with Crippen LogP contribution < -0.4 is 10.1 Å². The fourth-order valence-corrected chi connectivity index (χ4v) is 3.18. The molecule has 4 rings (SSSR count). The molecule has 0 fully saturated rings. The third-order valence-corrected chi connectivity index (χ3v) is 4.58. The van der Waals surface area contributed by atoms with Crippen molar-refractivity contribution in [1.29, 1.82) is 5.26 Å². The lowest BCUT2D eigenvalue weighted by Gasteiger charge is -2.09. The van der Waals surface area contributed by atoms with E-state index in [1.54, 1.807) is 25.3 Å². The van der Waals surface area contributed by atoms with Gasteiger partial charge in [-0.1, -0.05) is 30.3 Å². The summed E-state index contributed by atoms with van der Waals surface area (Å²) in [5.74, 6) is 0.636. The molecule has 1 amide bonds. The van der Waals surface area contributed by atoms with Crippen LogP contribution in [-0.2, 0) is 4.79 Å². The SMILES string of the molecule is COc1cccc(-c2ccc3c(c2)NC(=O)CC(c2cccc(C#N)c2)=N3)c1. The van der Waals surface area contributed by atoms with Crippen molar-refractivity contribution in [2.24, 2.45) is 4.99 Å². The zero-order valence-electron chi connectivity index (χ0n) is 15.3. The number of carbonyl (C=O) groups is 1. The number of rotatable bonds is 3. The van der Waals surface area contributed by atoms with Gasteiger partial charge in [0, 0.05) is 0 Å². The Hall–Kier alpha value is -3.91. The highest BCUT2D eigenvalue weighted by Gasteiger charge is 2.18. The van der Waals surface area contributed by atoms with Gasteiger partial charge in [0.05, 0.1) is 42.2 Å². The number of amides is 1.